The molecule has 0 bridgehead atoms. The largest absolute Gasteiger partial charge is 0.497 e. The van der Waals surface area contributed by atoms with Crippen LogP contribution in [0.25, 0.3) is 0 Å². The highest BCUT2D eigenvalue weighted by molar-refractivity contribution is 5.95. The van der Waals surface area contributed by atoms with Crippen LogP contribution < -0.4 is 15.0 Å². The zero-order valence-electron chi connectivity index (χ0n) is 19.5. The third-order valence-electron chi connectivity index (χ3n) is 7.84. The van der Waals surface area contributed by atoms with Gasteiger partial charge in [0.05, 0.1) is 7.11 Å². The van der Waals surface area contributed by atoms with Crippen LogP contribution in [0.4, 0.5) is 14.9 Å². The molecule has 2 amide bonds. The summed E-state index contributed by atoms with van der Waals surface area (Å²) in [6.07, 6.45) is 7.82. The number of piperidine rings is 1. The number of urea groups is 1. The molecule has 5 rings (SSSR count). The minimum atomic E-state index is -0.195. The zero-order chi connectivity index (χ0) is 22.8. The smallest absolute Gasteiger partial charge is 0.322 e. The number of fused-ring (bicyclic) bond motifs is 2. The molecule has 33 heavy (non-hydrogen) atoms. The fraction of sp³-hybridized carbons (Fsp3) is 0.519. The average Bonchev–Trinajstić information content (AvgIpc) is 3.16. The first-order valence-corrected chi connectivity index (χ1v) is 12.3. The van der Waals surface area contributed by atoms with Gasteiger partial charge in [0.15, 0.2) is 0 Å². The number of halogens is 1. The Morgan fingerprint density at radius 2 is 1.82 bits per heavy atom. The molecule has 0 aromatic heterocycles. The topological polar surface area (TPSA) is 44.8 Å². The standard InChI is InChI=1S/C27H34FN3O2/c1-33-23-11-12-25-24(17-23)27(19-31(25)26(32)29-22-5-3-2-4-6-22)13-15-30(16-14-27)18-20-7-9-21(28)10-8-20/h7-12,17,22H,2-6,13-16,18-19H2,1H3,(H,29,32). The SMILES string of the molecule is COc1ccc2c(c1)C1(CCN(Cc3ccc(F)cc3)CC1)CN2C(=O)NC1CCCCC1. The number of nitrogens with zero attached hydrogens (tertiary/aromatic N) is 2. The highest BCUT2D eigenvalue weighted by atomic mass is 19.1. The number of amides is 2. The number of carbonyl (C=O) groups excluding carboxylic acids is 1. The minimum absolute atomic E-state index is 0.0407. The van der Waals surface area contributed by atoms with E-state index in [1.165, 1.54) is 37.0 Å². The monoisotopic (exact) mass is 451 g/mol. The molecule has 0 unspecified atom stereocenters. The highest BCUT2D eigenvalue weighted by Gasteiger charge is 2.46. The van der Waals surface area contributed by atoms with Gasteiger partial charge in [-0.05, 0) is 80.2 Å². The summed E-state index contributed by atoms with van der Waals surface area (Å²) in [5.41, 5.74) is 3.35. The van der Waals surface area contributed by atoms with Crippen LogP contribution in [0.2, 0.25) is 0 Å². The summed E-state index contributed by atoms with van der Waals surface area (Å²) in [5.74, 6) is 0.649. The summed E-state index contributed by atoms with van der Waals surface area (Å²) in [4.78, 5) is 17.7. The molecule has 2 fully saturated rings. The van der Waals surface area contributed by atoms with Crippen LogP contribution in [-0.2, 0) is 12.0 Å². The average molecular weight is 452 g/mol. The lowest BCUT2D eigenvalue weighted by Gasteiger charge is -2.40. The van der Waals surface area contributed by atoms with E-state index < -0.39 is 0 Å². The second-order valence-corrected chi connectivity index (χ2v) is 9.94. The van der Waals surface area contributed by atoms with Crippen LogP contribution in [0, 0.1) is 5.82 Å². The molecule has 5 nitrogen and oxygen atoms in total. The van der Waals surface area contributed by atoms with Gasteiger partial charge in [-0.2, -0.15) is 0 Å². The summed E-state index contributed by atoms with van der Waals surface area (Å²) in [6, 6.07) is 13.3. The van der Waals surface area contributed by atoms with Crippen molar-refractivity contribution in [2.75, 3.05) is 31.6 Å². The highest BCUT2D eigenvalue weighted by Crippen LogP contribution is 2.48. The van der Waals surface area contributed by atoms with Crippen molar-refractivity contribution >= 4 is 11.7 Å². The molecule has 1 spiro atoms. The number of carbonyl (C=O) groups is 1. The molecule has 1 saturated heterocycles. The Hall–Kier alpha value is -2.60. The molecule has 1 aliphatic carbocycles. The number of ether oxygens (including phenoxy) is 1. The number of rotatable bonds is 4. The van der Waals surface area contributed by atoms with Crippen LogP contribution >= 0.6 is 0 Å². The van der Waals surface area contributed by atoms with Gasteiger partial charge in [-0.15, -0.1) is 0 Å². The number of methoxy groups -OCH3 is 1. The van der Waals surface area contributed by atoms with Crippen molar-refractivity contribution < 1.29 is 13.9 Å². The predicted octanol–water partition coefficient (Wildman–Crippen LogP) is 5.23. The fourth-order valence-corrected chi connectivity index (χ4v) is 5.87. The normalized spacial score (nSPS) is 20.6. The molecule has 1 saturated carbocycles. The van der Waals surface area contributed by atoms with E-state index in [4.69, 9.17) is 4.74 Å². The Bertz CT molecular complexity index is 979. The Balaban J connectivity index is 1.32. The van der Waals surface area contributed by atoms with Crippen molar-refractivity contribution in [2.45, 2.75) is 62.9 Å². The Kier molecular flexibility index (Phi) is 6.28. The number of anilines is 1. The number of hydrogen-bond acceptors (Lipinski definition) is 3. The van der Waals surface area contributed by atoms with Crippen molar-refractivity contribution in [1.29, 1.82) is 0 Å². The quantitative estimate of drug-likeness (QED) is 0.692. The molecule has 2 heterocycles. The van der Waals surface area contributed by atoms with E-state index in [0.29, 0.717) is 6.04 Å². The third kappa shape index (κ3) is 4.58. The number of likely N-dealkylation sites (tertiary alicyclic amines) is 1. The van der Waals surface area contributed by atoms with Gasteiger partial charge in [0.25, 0.3) is 0 Å². The van der Waals surface area contributed by atoms with Gasteiger partial charge in [-0.3, -0.25) is 9.80 Å². The van der Waals surface area contributed by atoms with E-state index in [9.17, 15) is 9.18 Å². The van der Waals surface area contributed by atoms with Crippen molar-refractivity contribution in [3.63, 3.8) is 0 Å². The maximum Gasteiger partial charge on any atom is 0.322 e. The second kappa shape index (κ2) is 9.34. The Labute approximate surface area is 195 Å². The molecular weight excluding hydrogens is 417 g/mol. The molecule has 0 radical (unpaired) electrons. The molecule has 3 aliphatic rings. The molecule has 6 heteroatoms. The van der Waals surface area contributed by atoms with Crippen LogP contribution in [0.3, 0.4) is 0 Å². The summed E-state index contributed by atoms with van der Waals surface area (Å²) >= 11 is 0. The van der Waals surface area contributed by atoms with Crippen molar-refractivity contribution in [3.05, 3.63) is 59.4 Å². The van der Waals surface area contributed by atoms with E-state index in [1.807, 2.05) is 29.2 Å². The molecular formula is C27H34FN3O2. The summed E-state index contributed by atoms with van der Waals surface area (Å²) in [7, 11) is 1.70. The van der Waals surface area contributed by atoms with Gasteiger partial charge in [0.1, 0.15) is 11.6 Å². The minimum Gasteiger partial charge on any atom is -0.497 e. The lowest BCUT2D eigenvalue weighted by Crippen LogP contribution is -2.49. The lowest BCUT2D eigenvalue weighted by molar-refractivity contribution is 0.159. The Morgan fingerprint density at radius 3 is 2.52 bits per heavy atom. The van der Waals surface area contributed by atoms with E-state index in [2.05, 4.69) is 16.3 Å². The van der Waals surface area contributed by atoms with Crippen LogP contribution in [0.5, 0.6) is 5.75 Å². The van der Waals surface area contributed by atoms with E-state index >= 15 is 0 Å². The van der Waals surface area contributed by atoms with Gasteiger partial charge in [0.2, 0.25) is 0 Å². The maximum absolute atomic E-state index is 13.3. The maximum atomic E-state index is 13.3. The third-order valence-corrected chi connectivity index (χ3v) is 7.84. The summed E-state index contributed by atoms with van der Waals surface area (Å²) in [6.45, 7) is 3.45. The van der Waals surface area contributed by atoms with E-state index in [-0.39, 0.29) is 17.3 Å². The fourth-order valence-electron chi connectivity index (χ4n) is 5.87. The zero-order valence-corrected chi connectivity index (χ0v) is 19.5. The van der Waals surface area contributed by atoms with Gasteiger partial charge in [-0.25, -0.2) is 9.18 Å². The number of nitrogens with one attached hydrogen (secondary N) is 1. The lowest BCUT2D eigenvalue weighted by atomic mass is 9.74. The van der Waals surface area contributed by atoms with Crippen LogP contribution in [-0.4, -0.2) is 43.7 Å². The van der Waals surface area contributed by atoms with Gasteiger partial charge < -0.3 is 10.1 Å². The van der Waals surface area contributed by atoms with E-state index in [0.717, 1.165) is 68.9 Å². The first-order chi connectivity index (χ1) is 16.1. The molecule has 2 aliphatic heterocycles. The molecule has 2 aromatic rings. The second-order valence-electron chi connectivity index (χ2n) is 9.94. The van der Waals surface area contributed by atoms with Gasteiger partial charge >= 0.3 is 6.03 Å². The number of benzene rings is 2. The first kappa shape index (κ1) is 22.2. The van der Waals surface area contributed by atoms with Gasteiger partial charge in [0, 0.05) is 30.2 Å². The molecule has 2 aromatic carbocycles. The molecule has 0 atom stereocenters. The summed E-state index contributed by atoms with van der Waals surface area (Å²) < 4.78 is 18.8. The predicted molar refractivity (Wildman–Crippen MR) is 128 cm³/mol. The van der Waals surface area contributed by atoms with Crippen LogP contribution in [0.1, 0.15) is 56.1 Å². The summed E-state index contributed by atoms with van der Waals surface area (Å²) in [5, 5.41) is 3.31. The first-order valence-electron chi connectivity index (χ1n) is 12.3. The van der Waals surface area contributed by atoms with E-state index in [1.54, 1.807) is 7.11 Å². The van der Waals surface area contributed by atoms with Crippen LogP contribution in [0.15, 0.2) is 42.5 Å². The van der Waals surface area contributed by atoms with Crippen molar-refractivity contribution in [1.82, 2.24) is 10.2 Å². The van der Waals surface area contributed by atoms with Gasteiger partial charge in [-0.1, -0.05) is 31.4 Å². The van der Waals surface area contributed by atoms with Crippen molar-refractivity contribution in [3.8, 4) is 5.75 Å². The van der Waals surface area contributed by atoms with Crippen molar-refractivity contribution in [2.24, 2.45) is 0 Å². The molecule has 176 valence electrons. The molecule has 1 N–H and O–H groups in total. The number of hydrogen-bond donors (Lipinski definition) is 1. The Morgan fingerprint density at radius 1 is 1.09 bits per heavy atom.